The number of hydrogen-bond donors (Lipinski definition) is 1. The molecule has 7 heteroatoms. The third-order valence-corrected chi connectivity index (χ3v) is 3.78. The van der Waals surface area contributed by atoms with Gasteiger partial charge in [0.2, 0.25) is 5.89 Å². The lowest BCUT2D eigenvalue weighted by Crippen LogP contribution is -2.20. The molecule has 0 aliphatic heterocycles. The Bertz CT molecular complexity index is 1080. The van der Waals surface area contributed by atoms with Crippen LogP contribution in [0.2, 0.25) is 0 Å². The van der Waals surface area contributed by atoms with Crippen molar-refractivity contribution >= 4 is 22.7 Å². The second-order valence-electron chi connectivity index (χ2n) is 5.71. The fraction of sp³-hybridized carbons (Fsp3) is 0.0500. The number of benzene rings is 2. The number of ether oxygens (including phenoxy) is 1. The zero-order valence-corrected chi connectivity index (χ0v) is 14.1. The third-order valence-electron chi connectivity index (χ3n) is 3.78. The Morgan fingerprint density at radius 2 is 2.04 bits per heavy atom. The van der Waals surface area contributed by atoms with E-state index in [1.165, 1.54) is 12.1 Å². The fourth-order valence-electron chi connectivity index (χ4n) is 2.54. The number of nitrogens with zero attached hydrogens (tertiary/aromatic N) is 2. The van der Waals surface area contributed by atoms with Gasteiger partial charge in [-0.3, -0.25) is 9.78 Å². The van der Waals surface area contributed by atoms with Gasteiger partial charge in [0, 0.05) is 23.5 Å². The average Bonchev–Trinajstić information content (AvgIpc) is 3.12. The molecule has 6 nitrogen and oxygen atoms in total. The lowest BCUT2D eigenvalue weighted by molar-refractivity contribution is -0.118. The molecule has 0 atom stereocenters. The highest BCUT2D eigenvalue weighted by Crippen LogP contribution is 2.25. The number of pyridine rings is 1. The number of aromatic nitrogens is 2. The largest absolute Gasteiger partial charge is 0.481 e. The highest BCUT2D eigenvalue weighted by atomic mass is 19.1. The maximum absolute atomic E-state index is 13.5. The Balaban J connectivity index is 1.46. The number of para-hydroxylation sites is 1. The Kier molecular flexibility index (Phi) is 4.49. The van der Waals surface area contributed by atoms with Crippen LogP contribution in [-0.4, -0.2) is 22.5 Å². The minimum Gasteiger partial charge on any atom is -0.481 e. The standard InChI is InChI=1S/C20H14FN3O3/c21-15-6-1-2-7-17(15)26-12-19(25)23-14-5-3-4-13(10-14)20-24-16-11-22-9-8-18(16)27-20/h1-11H,12H2,(H,23,25). The summed E-state index contributed by atoms with van der Waals surface area (Å²) in [6.07, 6.45) is 3.25. The molecule has 134 valence electrons. The van der Waals surface area contributed by atoms with Gasteiger partial charge >= 0.3 is 0 Å². The van der Waals surface area contributed by atoms with Crippen molar-refractivity contribution < 1.29 is 18.3 Å². The summed E-state index contributed by atoms with van der Waals surface area (Å²) < 4.78 is 24.4. The van der Waals surface area contributed by atoms with Gasteiger partial charge in [0.25, 0.3) is 5.91 Å². The van der Waals surface area contributed by atoms with Gasteiger partial charge in [0.15, 0.2) is 23.8 Å². The van der Waals surface area contributed by atoms with Crippen LogP contribution in [-0.2, 0) is 4.79 Å². The predicted octanol–water partition coefficient (Wildman–Crippen LogP) is 4.05. The van der Waals surface area contributed by atoms with Crippen molar-refractivity contribution in [3.63, 3.8) is 0 Å². The molecule has 0 spiro atoms. The second kappa shape index (κ2) is 7.25. The van der Waals surface area contributed by atoms with Crippen molar-refractivity contribution in [1.82, 2.24) is 9.97 Å². The van der Waals surface area contributed by atoms with Crippen LogP contribution in [0.3, 0.4) is 0 Å². The van der Waals surface area contributed by atoms with Crippen LogP contribution < -0.4 is 10.1 Å². The van der Waals surface area contributed by atoms with Crippen molar-refractivity contribution in [3.05, 3.63) is 72.8 Å². The van der Waals surface area contributed by atoms with E-state index >= 15 is 0 Å². The maximum atomic E-state index is 13.5. The minimum atomic E-state index is -0.516. The number of amides is 1. The van der Waals surface area contributed by atoms with Crippen LogP contribution in [0.5, 0.6) is 5.75 Å². The van der Waals surface area contributed by atoms with Gasteiger partial charge in [-0.15, -0.1) is 0 Å². The molecule has 2 aromatic carbocycles. The van der Waals surface area contributed by atoms with Crippen LogP contribution in [0.4, 0.5) is 10.1 Å². The van der Waals surface area contributed by atoms with E-state index in [-0.39, 0.29) is 12.4 Å². The van der Waals surface area contributed by atoms with Crippen LogP contribution in [0, 0.1) is 5.82 Å². The quantitative estimate of drug-likeness (QED) is 0.579. The summed E-state index contributed by atoms with van der Waals surface area (Å²) in [5, 5.41) is 2.71. The van der Waals surface area contributed by atoms with E-state index in [9.17, 15) is 9.18 Å². The van der Waals surface area contributed by atoms with Gasteiger partial charge < -0.3 is 14.5 Å². The van der Waals surface area contributed by atoms with Crippen LogP contribution >= 0.6 is 0 Å². The highest BCUT2D eigenvalue weighted by Gasteiger charge is 2.10. The molecule has 0 saturated heterocycles. The molecule has 0 bridgehead atoms. The topological polar surface area (TPSA) is 77.2 Å². The maximum Gasteiger partial charge on any atom is 0.262 e. The van der Waals surface area contributed by atoms with Gasteiger partial charge in [-0.25, -0.2) is 9.37 Å². The number of fused-ring (bicyclic) bond motifs is 1. The number of nitrogens with one attached hydrogen (secondary N) is 1. The number of anilines is 1. The van der Waals surface area contributed by atoms with Gasteiger partial charge in [-0.2, -0.15) is 0 Å². The molecular formula is C20H14FN3O3. The molecule has 0 saturated carbocycles. The lowest BCUT2D eigenvalue weighted by atomic mass is 10.2. The zero-order chi connectivity index (χ0) is 18.6. The molecule has 0 radical (unpaired) electrons. The van der Waals surface area contributed by atoms with Gasteiger partial charge in [-0.05, 0) is 30.3 Å². The molecule has 1 amide bonds. The summed E-state index contributed by atoms with van der Waals surface area (Å²) >= 11 is 0. The van der Waals surface area contributed by atoms with Crippen molar-refractivity contribution in [1.29, 1.82) is 0 Å². The number of hydrogen-bond acceptors (Lipinski definition) is 5. The smallest absolute Gasteiger partial charge is 0.262 e. The SMILES string of the molecule is O=C(COc1ccccc1F)Nc1cccc(-c2nc3cnccc3o2)c1. The van der Waals surface area contributed by atoms with E-state index in [2.05, 4.69) is 15.3 Å². The first-order valence-electron chi connectivity index (χ1n) is 8.17. The molecular weight excluding hydrogens is 349 g/mol. The summed E-state index contributed by atoms with van der Waals surface area (Å²) in [5.41, 5.74) is 2.54. The Hall–Kier alpha value is -3.74. The number of carbonyl (C=O) groups excluding carboxylic acids is 1. The molecule has 1 N–H and O–H groups in total. The summed E-state index contributed by atoms with van der Waals surface area (Å²) in [6.45, 7) is -0.306. The molecule has 0 aliphatic carbocycles. The Morgan fingerprint density at radius 3 is 2.89 bits per heavy atom. The molecule has 4 rings (SSSR count). The summed E-state index contributed by atoms with van der Waals surface area (Å²) in [4.78, 5) is 20.5. The van der Waals surface area contributed by atoms with E-state index in [4.69, 9.17) is 9.15 Å². The van der Waals surface area contributed by atoms with Crippen LogP contribution in [0.25, 0.3) is 22.6 Å². The number of rotatable bonds is 5. The number of carbonyl (C=O) groups is 1. The first-order valence-corrected chi connectivity index (χ1v) is 8.17. The number of halogens is 1. The second-order valence-corrected chi connectivity index (χ2v) is 5.71. The molecule has 0 aliphatic rings. The van der Waals surface area contributed by atoms with E-state index < -0.39 is 11.7 Å². The average molecular weight is 363 g/mol. The molecule has 4 aromatic rings. The summed E-state index contributed by atoms with van der Waals surface area (Å²) in [6, 6.07) is 14.7. The van der Waals surface area contributed by atoms with Crippen molar-refractivity contribution in [2.45, 2.75) is 0 Å². The monoisotopic (exact) mass is 363 g/mol. The van der Waals surface area contributed by atoms with Crippen molar-refractivity contribution in [2.75, 3.05) is 11.9 Å². The summed E-state index contributed by atoms with van der Waals surface area (Å²) in [7, 11) is 0. The highest BCUT2D eigenvalue weighted by molar-refractivity contribution is 5.92. The molecule has 27 heavy (non-hydrogen) atoms. The number of oxazole rings is 1. The summed E-state index contributed by atoms with van der Waals surface area (Å²) in [5.74, 6) is -0.465. The van der Waals surface area contributed by atoms with E-state index in [1.807, 2.05) is 6.07 Å². The molecule has 0 fully saturated rings. The van der Waals surface area contributed by atoms with Crippen LogP contribution in [0.1, 0.15) is 0 Å². The first-order chi connectivity index (χ1) is 13.2. The van der Waals surface area contributed by atoms with Crippen molar-refractivity contribution in [2.24, 2.45) is 0 Å². The molecule has 2 heterocycles. The normalized spacial score (nSPS) is 10.7. The predicted molar refractivity (Wildman–Crippen MR) is 97.8 cm³/mol. The van der Waals surface area contributed by atoms with Gasteiger partial charge in [0.1, 0.15) is 5.52 Å². The third kappa shape index (κ3) is 3.77. The lowest BCUT2D eigenvalue weighted by Gasteiger charge is -2.08. The first kappa shape index (κ1) is 16.7. The minimum absolute atomic E-state index is 0.0292. The Morgan fingerprint density at radius 1 is 1.15 bits per heavy atom. The Labute approximate surface area is 153 Å². The van der Waals surface area contributed by atoms with E-state index in [1.54, 1.807) is 48.8 Å². The van der Waals surface area contributed by atoms with Gasteiger partial charge in [0.05, 0.1) is 6.20 Å². The molecule has 0 unspecified atom stereocenters. The fourth-order valence-corrected chi connectivity index (χ4v) is 2.54. The van der Waals surface area contributed by atoms with Gasteiger partial charge in [-0.1, -0.05) is 18.2 Å². The zero-order valence-electron chi connectivity index (χ0n) is 14.1. The van der Waals surface area contributed by atoms with E-state index in [0.29, 0.717) is 28.2 Å². The molecule has 2 aromatic heterocycles. The van der Waals surface area contributed by atoms with Crippen molar-refractivity contribution in [3.8, 4) is 17.2 Å². The van der Waals surface area contributed by atoms with E-state index in [0.717, 1.165) is 0 Å². The van der Waals surface area contributed by atoms with Crippen LogP contribution in [0.15, 0.2) is 71.4 Å².